The molecule has 186 valence electrons. The van der Waals surface area contributed by atoms with Crippen molar-refractivity contribution in [3.63, 3.8) is 0 Å². The van der Waals surface area contributed by atoms with E-state index in [-0.39, 0.29) is 6.10 Å². The van der Waals surface area contributed by atoms with Gasteiger partial charge >= 0.3 is 0 Å². The average Bonchev–Trinajstić information content (AvgIpc) is 3.64. The summed E-state index contributed by atoms with van der Waals surface area (Å²) in [5.41, 5.74) is 5.53. The highest BCUT2D eigenvalue weighted by Crippen LogP contribution is 2.42. The zero-order valence-electron chi connectivity index (χ0n) is 21.3. The number of hydrogen-bond acceptors (Lipinski definition) is 6. The van der Waals surface area contributed by atoms with Crippen LogP contribution < -0.4 is 10.1 Å². The Morgan fingerprint density at radius 3 is 2.89 bits per heavy atom. The van der Waals surface area contributed by atoms with E-state index in [4.69, 9.17) is 9.72 Å². The first kappa shape index (κ1) is 25.6. The van der Waals surface area contributed by atoms with E-state index in [2.05, 4.69) is 39.6 Å². The minimum absolute atomic E-state index is 0.0199. The maximum Gasteiger partial charge on any atom is 0.137 e. The Kier molecular flexibility index (Phi) is 8.52. The molecule has 0 bridgehead atoms. The molecule has 3 aromatic rings. The van der Waals surface area contributed by atoms with Crippen LogP contribution in [-0.2, 0) is 6.54 Å². The number of H-pyrrole nitrogens is 1. The number of thiazole rings is 1. The number of nitriles is 1. The van der Waals surface area contributed by atoms with Gasteiger partial charge in [0.05, 0.1) is 23.1 Å². The van der Waals surface area contributed by atoms with E-state index in [1.165, 1.54) is 21.6 Å². The van der Waals surface area contributed by atoms with Crippen molar-refractivity contribution in [2.75, 3.05) is 0 Å². The summed E-state index contributed by atoms with van der Waals surface area (Å²) in [7, 11) is 0. The summed E-state index contributed by atoms with van der Waals surface area (Å²) in [6, 6.07) is 8.30. The molecule has 6 nitrogen and oxygen atoms in total. The molecular weight excluding hydrogens is 466 g/mol. The summed E-state index contributed by atoms with van der Waals surface area (Å²) in [6.45, 7) is 8.64. The van der Waals surface area contributed by atoms with E-state index >= 15 is 0 Å². The molecule has 0 amide bonds. The Hall–Kier alpha value is -3.47. The second-order valence-corrected chi connectivity index (χ2v) is 9.75. The van der Waals surface area contributed by atoms with E-state index in [9.17, 15) is 5.26 Å². The van der Waals surface area contributed by atoms with Gasteiger partial charge in [-0.25, -0.2) is 9.97 Å². The van der Waals surface area contributed by atoms with E-state index in [1.807, 2.05) is 58.3 Å². The lowest BCUT2D eigenvalue weighted by Crippen LogP contribution is -2.28. The Bertz CT molecular complexity index is 1310. The molecule has 36 heavy (non-hydrogen) atoms. The minimum Gasteiger partial charge on any atom is -0.490 e. The molecular formula is C29H33N5OS. The van der Waals surface area contributed by atoms with Crippen molar-refractivity contribution >= 4 is 16.9 Å². The van der Waals surface area contributed by atoms with Crippen molar-refractivity contribution in [3.05, 3.63) is 82.4 Å². The van der Waals surface area contributed by atoms with Gasteiger partial charge in [0, 0.05) is 30.2 Å². The molecule has 0 saturated heterocycles. The van der Waals surface area contributed by atoms with Gasteiger partial charge in [0.1, 0.15) is 22.7 Å². The highest BCUT2D eigenvalue weighted by Gasteiger charge is 2.28. The lowest BCUT2D eigenvalue weighted by molar-refractivity contribution is 0.242. The molecule has 1 aromatic carbocycles. The number of nitrogens with zero attached hydrogens (tertiary/aromatic N) is 3. The Morgan fingerprint density at radius 2 is 2.14 bits per heavy atom. The van der Waals surface area contributed by atoms with Crippen LogP contribution in [0.15, 0.2) is 66.2 Å². The number of ether oxygens (including phenoxy) is 1. The Morgan fingerprint density at radius 1 is 1.28 bits per heavy atom. The third-order valence-corrected chi connectivity index (χ3v) is 7.12. The lowest BCUT2D eigenvalue weighted by atomic mass is 10.0. The fourth-order valence-electron chi connectivity index (χ4n) is 4.52. The third kappa shape index (κ3) is 5.67. The maximum atomic E-state index is 9.59. The van der Waals surface area contributed by atoms with Crippen molar-refractivity contribution in [2.24, 2.45) is 0 Å². The number of allylic oxidation sites excluding steroid dienone is 4. The fourth-order valence-corrected chi connectivity index (χ4v) is 5.51. The summed E-state index contributed by atoms with van der Waals surface area (Å²) < 4.78 is 5.77. The monoisotopic (exact) mass is 499 g/mol. The van der Waals surface area contributed by atoms with Gasteiger partial charge in [-0.2, -0.15) is 5.26 Å². The zero-order chi connectivity index (χ0) is 25.5. The van der Waals surface area contributed by atoms with E-state index < -0.39 is 0 Å². The molecule has 0 saturated carbocycles. The van der Waals surface area contributed by atoms with Crippen molar-refractivity contribution < 1.29 is 4.74 Å². The molecule has 2 N–H and O–H groups in total. The van der Waals surface area contributed by atoms with Crippen molar-refractivity contribution in [1.82, 2.24) is 20.3 Å². The molecule has 2 aliphatic rings. The van der Waals surface area contributed by atoms with Crippen LogP contribution in [0.25, 0.3) is 16.1 Å². The highest BCUT2D eigenvalue weighted by atomic mass is 32.1. The molecule has 1 unspecified atom stereocenters. The SMILES string of the molecule is CC.CC(C)Oc1ccc(-c2ncc(C3=CCC=CC4=C3CCC4NCc3ncc[nH]3)s2)cc1C#N. The largest absolute Gasteiger partial charge is 0.490 e. The number of aromatic nitrogens is 3. The summed E-state index contributed by atoms with van der Waals surface area (Å²) in [5, 5.41) is 14.2. The quantitative estimate of drug-likeness (QED) is 0.373. The number of benzene rings is 1. The second-order valence-electron chi connectivity index (χ2n) is 8.72. The topological polar surface area (TPSA) is 86.6 Å². The minimum atomic E-state index is 0.0199. The fraction of sp³-hybridized carbons (Fsp3) is 0.345. The van der Waals surface area contributed by atoms with Crippen LogP contribution in [0.2, 0.25) is 0 Å². The predicted molar refractivity (Wildman–Crippen MR) is 147 cm³/mol. The van der Waals surface area contributed by atoms with Gasteiger partial charge in [-0.05, 0) is 68.0 Å². The summed E-state index contributed by atoms with van der Waals surface area (Å²) in [5.74, 6) is 1.57. The van der Waals surface area contributed by atoms with Crippen molar-refractivity contribution in [3.8, 4) is 22.4 Å². The van der Waals surface area contributed by atoms with Crippen LogP contribution in [0.3, 0.4) is 0 Å². The van der Waals surface area contributed by atoms with E-state index in [0.717, 1.165) is 42.2 Å². The Balaban J connectivity index is 0.00000148. The molecule has 2 heterocycles. The molecule has 5 rings (SSSR count). The summed E-state index contributed by atoms with van der Waals surface area (Å²) in [6.07, 6.45) is 15.5. The van der Waals surface area contributed by atoms with E-state index in [0.29, 0.717) is 17.4 Å². The van der Waals surface area contributed by atoms with Crippen LogP contribution in [0.1, 0.15) is 63.2 Å². The number of nitrogens with one attached hydrogen (secondary N) is 2. The van der Waals surface area contributed by atoms with Crippen LogP contribution in [0, 0.1) is 11.3 Å². The molecule has 0 spiro atoms. The van der Waals surface area contributed by atoms with Crippen LogP contribution >= 0.6 is 11.3 Å². The van der Waals surface area contributed by atoms with Crippen LogP contribution in [-0.4, -0.2) is 27.1 Å². The summed E-state index contributed by atoms with van der Waals surface area (Å²) in [4.78, 5) is 13.4. The van der Waals surface area contributed by atoms with Crippen molar-refractivity contribution in [2.45, 2.75) is 65.6 Å². The molecule has 0 radical (unpaired) electrons. The molecule has 0 aliphatic heterocycles. The molecule has 2 aliphatic carbocycles. The van der Waals surface area contributed by atoms with Crippen LogP contribution in [0.4, 0.5) is 0 Å². The van der Waals surface area contributed by atoms with Gasteiger partial charge in [0.15, 0.2) is 0 Å². The average molecular weight is 500 g/mol. The van der Waals surface area contributed by atoms with Crippen molar-refractivity contribution in [1.29, 1.82) is 5.26 Å². The van der Waals surface area contributed by atoms with Gasteiger partial charge in [0.25, 0.3) is 0 Å². The zero-order valence-corrected chi connectivity index (χ0v) is 22.2. The normalized spacial score (nSPS) is 16.7. The summed E-state index contributed by atoms with van der Waals surface area (Å²) >= 11 is 1.68. The number of aromatic amines is 1. The van der Waals surface area contributed by atoms with Crippen LogP contribution in [0.5, 0.6) is 5.75 Å². The molecule has 1 atom stereocenters. The van der Waals surface area contributed by atoms with Gasteiger partial charge in [-0.1, -0.05) is 32.1 Å². The highest BCUT2D eigenvalue weighted by molar-refractivity contribution is 7.16. The number of imidazole rings is 1. The first-order valence-electron chi connectivity index (χ1n) is 12.6. The maximum absolute atomic E-state index is 9.59. The first-order valence-corrected chi connectivity index (χ1v) is 13.4. The third-order valence-electron chi connectivity index (χ3n) is 6.04. The van der Waals surface area contributed by atoms with Gasteiger partial charge < -0.3 is 15.0 Å². The number of rotatable bonds is 7. The second kappa shape index (κ2) is 12.0. The van der Waals surface area contributed by atoms with Gasteiger partial charge in [-0.15, -0.1) is 11.3 Å². The number of hydrogen-bond donors (Lipinski definition) is 2. The smallest absolute Gasteiger partial charge is 0.137 e. The van der Waals surface area contributed by atoms with Gasteiger partial charge in [0.2, 0.25) is 0 Å². The lowest BCUT2D eigenvalue weighted by Gasteiger charge is -2.14. The van der Waals surface area contributed by atoms with Gasteiger partial charge in [-0.3, -0.25) is 0 Å². The van der Waals surface area contributed by atoms with E-state index in [1.54, 1.807) is 17.5 Å². The molecule has 2 aromatic heterocycles. The standard InChI is InChI=1S/C27H27N5OS.C2H6/c1-17(2)33-24-10-7-18(13-19(24)14-28)27-32-15-25(34-27)22-6-4-3-5-21-20(22)8-9-23(21)31-16-26-29-11-12-30-26;1-2/h3,5-7,10-13,15,17,23,31H,4,8-9,16H2,1-2H3,(H,29,30);1-2H3. The molecule has 7 heteroatoms. The first-order chi connectivity index (χ1) is 17.6. The molecule has 0 fully saturated rings. The Labute approximate surface area is 217 Å². The predicted octanol–water partition coefficient (Wildman–Crippen LogP) is 6.81.